The van der Waals surface area contributed by atoms with Crippen LogP contribution >= 0.6 is 11.6 Å². The molecule has 2 aromatic heterocycles. The molecule has 0 aromatic carbocycles. The van der Waals surface area contributed by atoms with Crippen LogP contribution in [0.1, 0.15) is 45.7 Å². The highest BCUT2D eigenvalue weighted by molar-refractivity contribution is 6.31. The van der Waals surface area contributed by atoms with Gasteiger partial charge in [0.25, 0.3) is 5.91 Å². The topological polar surface area (TPSA) is 72.7 Å². The number of ether oxygens (including phenoxy) is 1. The first-order valence-electron chi connectivity index (χ1n) is 9.68. The minimum Gasteiger partial charge on any atom is -0.449 e. The highest BCUT2D eigenvalue weighted by Gasteiger charge is 2.29. The van der Waals surface area contributed by atoms with E-state index >= 15 is 0 Å². The van der Waals surface area contributed by atoms with Crippen molar-refractivity contribution in [3.05, 3.63) is 41.3 Å². The van der Waals surface area contributed by atoms with Crippen LogP contribution in [0.3, 0.4) is 0 Å². The van der Waals surface area contributed by atoms with Gasteiger partial charge in [0.05, 0.1) is 5.69 Å². The quantitative estimate of drug-likeness (QED) is 0.607. The third-order valence-electron chi connectivity index (χ3n) is 5.60. The summed E-state index contributed by atoms with van der Waals surface area (Å²) >= 11 is 6.14. The summed E-state index contributed by atoms with van der Waals surface area (Å²) in [7, 11) is 0. The van der Waals surface area contributed by atoms with Gasteiger partial charge in [-0.15, -0.1) is 0 Å². The van der Waals surface area contributed by atoms with E-state index in [9.17, 15) is 9.59 Å². The number of hydrogen-bond donors (Lipinski definition) is 1. The number of fused-ring (bicyclic) bond motifs is 1. The van der Waals surface area contributed by atoms with Crippen LogP contribution in [-0.4, -0.2) is 33.4 Å². The van der Waals surface area contributed by atoms with Gasteiger partial charge < -0.3 is 10.1 Å². The SMILES string of the molecule is C[C@@H]1[C@H](C)CCC[C@@H]1NC(=O)[C@@H](C)OC(=O)/C=C/c1c(Cl)nc2ccccn12. The number of nitrogens with zero attached hydrogens (tertiary/aromatic N) is 2. The number of esters is 1. The predicted octanol–water partition coefficient (Wildman–Crippen LogP) is 3.87. The third-order valence-corrected chi connectivity index (χ3v) is 5.87. The Balaban J connectivity index is 1.58. The molecule has 0 radical (unpaired) electrons. The zero-order valence-corrected chi connectivity index (χ0v) is 17.1. The Bertz CT molecular complexity index is 892. The second-order valence-electron chi connectivity index (χ2n) is 7.51. The molecule has 4 atom stereocenters. The summed E-state index contributed by atoms with van der Waals surface area (Å²) in [6.07, 6.45) is 7.01. The Labute approximate surface area is 169 Å². The predicted molar refractivity (Wildman–Crippen MR) is 109 cm³/mol. The first-order valence-corrected chi connectivity index (χ1v) is 10.1. The summed E-state index contributed by atoms with van der Waals surface area (Å²) in [5, 5.41) is 3.32. The number of halogens is 1. The molecule has 1 N–H and O–H groups in total. The van der Waals surface area contributed by atoms with Gasteiger partial charge in [-0.3, -0.25) is 9.20 Å². The maximum Gasteiger partial charge on any atom is 0.331 e. The molecule has 0 saturated heterocycles. The summed E-state index contributed by atoms with van der Waals surface area (Å²) in [5.74, 6) is 0.128. The number of pyridine rings is 1. The lowest BCUT2D eigenvalue weighted by atomic mass is 9.78. The number of carbonyl (C=O) groups excluding carboxylic acids is 2. The Morgan fingerprint density at radius 3 is 2.93 bits per heavy atom. The molecular weight excluding hydrogens is 378 g/mol. The van der Waals surface area contributed by atoms with Crippen molar-refractivity contribution in [2.24, 2.45) is 11.8 Å². The fourth-order valence-corrected chi connectivity index (χ4v) is 3.88. The lowest BCUT2D eigenvalue weighted by Crippen LogP contribution is -2.47. The lowest BCUT2D eigenvalue weighted by Gasteiger charge is -2.35. The molecule has 0 aliphatic heterocycles. The molecule has 1 aliphatic carbocycles. The Morgan fingerprint density at radius 2 is 2.14 bits per heavy atom. The van der Waals surface area contributed by atoms with Gasteiger partial charge in [-0.1, -0.05) is 44.4 Å². The normalized spacial score (nSPS) is 23.6. The number of carbonyl (C=O) groups is 2. The van der Waals surface area contributed by atoms with Crippen LogP contribution in [0.2, 0.25) is 5.15 Å². The van der Waals surface area contributed by atoms with Gasteiger partial charge in [-0.25, -0.2) is 9.78 Å². The maximum atomic E-state index is 12.4. The van der Waals surface area contributed by atoms with E-state index in [1.165, 1.54) is 12.5 Å². The molecule has 2 heterocycles. The van der Waals surface area contributed by atoms with Crippen molar-refractivity contribution in [2.45, 2.75) is 52.2 Å². The highest BCUT2D eigenvalue weighted by Crippen LogP contribution is 2.29. The summed E-state index contributed by atoms with van der Waals surface area (Å²) in [4.78, 5) is 28.8. The number of rotatable bonds is 5. The van der Waals surface area contributed by atoms with Gasteiger partial charge in [-0.05, 0) is 43.4 Å². The Hall–Kier alpha value is -2.34. The van der Waals surface area contributed by atoms with Crippen molar-refractivity contribution >= 4 is 35.2 Å². The van der Waals surface area contributed by atoms with E-state index in [4.69, 9.17) is 16.3 Å². The third kappa shape index (κ3) is 4.55. The van der Waals surface area contributed by atoms with Crippen LogP contribution in [0.5, 0.6) is 0 Å². The first kappa shape index (κ1) is 20.4. The Morgan fingerprint density at radius 1 is 1.36 bits per heavy atom. The second-order valence-corrected chi connectivity index (χ2v) is 7.87. The van der Waals surface area contributed by atoms with Crippen molar-refractivity contribution in [3.8, 4) is 0 Å². The van der Waals surface area contributed by atoms with Crippen LogP contribution in [0.15, 0.2) is 30.5 Å². The van der Waals surface area contributed by atoms with Crippen LogP contribution in [-0.2, 0) is 14.3 Å². The number of nitrogens with one attached hydrogen (secondary N) is 1. The van der Waals surface area contributed by atoms with E-state index < -0.39 is 12.1 Å². The maximum absolute atomic E-state index is 12.4. The second kappa shape index (κ2) is 8.78. The molecule has 1 aliphatic rings. The minimum atomic E-state index is -0.862. The van der Waals surface area contributed by atoms with Crippen LogP contribution in [0, 0.1) is 11.8 Å². The van der Waals surface area contributed by atoms with Gasteiger partial charge in [-0.2, -0.15) is 0 Å². The largest absolute Gasteiger partial charge is 0.449 e. The van der Waals surface area contributed by atoms with Gasteiger partial charge in [0.2, 0.25) is 0 Å². The number of aromatic nitrogens is 2. The zero-order chi connectivity index (χ0) is 20.3. The number of imidazole rings is 1. The smallest absolute Gasteiger partial charge is 0.331 e. The molecule has 1 amide bonds. The van der Waals surface area contributed by atoms with E-state index in [0.717, 1.165) is 12.8 Å². The molecule has 28 heavy (non-hydrogen) atoms. The summed E-state index contributed by atoms with van der Waals surface area (Å²) in [6.45, 7) is 5.95. The molecular formula is C21H26ClN3O3. The molecule has 0 bridgehead atoms. The molecule has 0 spiro atoms. The molecule has 3 rings (SSSR count). The lowest BCUT2D eigenvalue weighted by molar-refractivity contribution is -0.150. The molecule has 0 unspecified atom stereocenters. The monoisotopic (exact) mass is 403 g/mol. The average molecular weight is 404 g/mol. The number of hydrogen-bond acceptors (Lipinski definition) is 4. The highest BCUT2D eigenvalue weighted by atomic mass is 35.5. The van der Waals surface area contributed by atoms with Crippen molar-refractivity contribution in [1.29, 1.82) is 0 Å². The van der Waals surface area contributed by atoms with Gasteiger partial charge in [0.1, 0.15) is 5.65 Å². The molecule has 7 heteroatoms. The van der Waals surface area contributed by atoms with Gasteiger partial charge in [0.15, 0.2) is 11.3 Å². The van der Waals surface area contributed by atoms with E-state index in [1.54, 1.807) is 17.4 Å². The zero-order valence-electron chi connectivity index (χ0n) is 16.4. The fraction of sp³-hybridized carbons (Fsp3) is 0.476. The van der Waals surface area contributed by atoms with Crippen molar-refractivity contribution < 1.29 is 14.3 Å². The molecule has 1 saturated carbocycles. The van der Waals surface area contributed by atoms with Crippen LogP contribution in [0.25, 0.3) is 11.7 Å². The fourth-order valence-electron chi connectivity index (χ4n) is 3.63. The standard InChI is InChI=1S/C21H26ClN3O3/c1-13-7-6-8-16(14(13)2)23-21(27)15(3)28-19(26)11-10-17-20(22)24-18-9-4-5-12-25(17)18/h4-5,9-16H,6-8H2,1-3H3,(H,23,27)/b11-10+/t13-,14-,15-,16+/m1/s1. The summed E-state index contributed by atoms with van der Waals surface area (Å²) < 4.78 is 7.03. The minimum absolute atomic E-state index is 0.130. The van der Waals surface area contributed by atoms with E-state index in [-0.39, 0.29) is 11.9 Å². The van der Waals surface area contributed by atoms with Crippen molar-refractivity contribution in [3.63, 3.8) is 0 Å². The van der Waals surface area contributed by atoms with Crippen molar-refractivity contribution in [2.75, 3.05) is 0 Å². The molecule has 2 aromatic rings. The molecule has 1 fully saturated rings. The first-order chi connectivity index (χ1) is 13.4. The van der Waals surface area contributed by atoms with Crippen molar-refractivity contribution in [1.82, 2.24) is 14.7 Å². The molecule has 150 valence electrons. The van der Waals surface area contributed by atoms with Gasteiger partial charge in [0, 0.05) is 18.3 Å². The number of amides is 1. The van der Waals surface area contributed by atoms with E-state index in [0.29, 0.717) is 28.3 Å². The Kier molecular flexibility index (Phi) is 6.39. The van der Waals surface area contributed by atoms with Crippen LogP contribution < -0.4 is 5.32 Å². The van der Waals surface area contributed by atoms with Gasteiger partial charge >= 0.3 is 5.97 Å². The molecule has 6 nitrogen and oxygen atoms in total. The summed E-state index contributed by atoms with van der Waals surface area (Å²) in [5.41, 5.74) is 1.26. The van der Waals surface area contributed by atoms with E-state index in [2.05, 4.69) is 24.1 Å². The summed E-state index contributed by atoms with van der Waals surface area (Å²) in [6, 6.07) is 5.65. The van der Waals surface area contributed by atoms with Crippen LogP contribution in [0.4, 0.5) is 0 Å². The average Bonchev–Trinajstić information content (AvgIpc) is 2.98. The van der Waals surface area contributed by atoms with E-state index in [1.807, 2.05) is 24.4 Å².